The first-order chi connectivity index (χ1) is 9.52. The van der Waals surface area contributed by atoms with Gasteiger partial charge in [0.1, 0.15) is 0 Å². The van der Waals surface area contributed by atoms with Crippen LogP contribution in [0.25, 0.3) is 0 Å². The van der Waals surface area contributed by atoms with Crippen LogP contribution in [0.4, 0.5) is 0 Å². The zero-order valence-corrected chi connectivity index (χ0v) is 11.7. The molecule has 1 aliphatic rings. The number of benzene rings is 1. The first-order valence-electron chi connectivity index (χ1n) is 6.38. The number of aliphatic carboxylic acids is 1. The van der Waals surface area contributed by atoms with Gasteiger partial charge in [-0.1, -0.05) is 12.1 Å². The summed E-state index contributed by atoms with van der Waals surface area (Å²) < 4.78 is 0. The van der Waals surface area contributed by atoms with Crippen LogP contribution in [0.2, 0.25) is 0 Å². The Morgan fingerprint density at radius 1 is 1.15 bits per heavy atom. The Kier molecular flexibility index (Phi) is 4.44. The van der Waals surface area contributed by atoms with E-state index in [1.54, 1.807) is 24.3 Å². The second-order valence-electron chi connectivity index (χ2n) is 4.66. The molecule has 0 saturated carbocycles. The van der Waals surface area contributed by atoms with E-state index in [2.05, 4.69) is 12.6 Å². The second kappa shape index (κ2) is 6.09. The summed E-state index contributed by atoms with van der Waals surface area (Å²) >= 11 is 3.94. The second-order valence-corrected chi connectivity index (χ2v) is 5.28. The molecular formula is C14H15NO4S. The van der Waals surface area contributed by atoms with Gasteiger partial charge in [-0.15, -0.1) is 0 Å². The number of fused-ring (bicyclic) bond motifs is 1. The van der Waals surface area contributed by atoms with Crippen molar-refractivity contribution in [3.8, 4) is 0 Å². The van der Waals surface area contributed by atoms with Gasteiger partial charge in [0.25, 0.3) is 11.8 Å². The van der Waals surface area contributed by atoms with E-state index in [4.69, 9.17) is 5.11 Å². The van der Waals surface area contributed by atoms with E-state index in [0.29, 0.717) is 36.9 Å². The van der Waals surface area contributed by atoms with Crippen LogP contribution < -0.4 is 0 Å². The summed E-state index contributed by atoms with van der Waals surface area (Å²) in [7, 11) is 0. The topological polar surface area (TPSA) is 74.7 Å². The van der Waals surface area contributed by atoms with E-state index in [1.807, 2.05) is 0 Å². The van der Waals surface area contributed by atoms with Gasteiger partial charge in [-0.25, -0.2) is 0 Å². The van der Waals surface area contributed by atoms with Crippen molar-refractivity contribution in [1.82, 2.24) is 4.90 Å². The zero-order chi connectivity index (χ0) is 14.7. The van der Waals surface area contributed by atoms with Crippen molar-refractivity contribution in [1.29, 1.82) is 0 Å². The highest BCUT2D eigenvalue weighted by Gasteiger charge is 2.34. The Morgan fingerprint density at radius 2 is 1.70 bits per heavy atom. The number of hydrogen-bond donors (Lipinski definition) is 2. The maximum Gasteiger partial charge on any atom is 0.316 e. The first kappa shape index (κ1) is 14.6. The Labute approximate surface area is 122 Å². The third-order valence-corrected chi connectivity index (χ3v) is 3.75. The summed E-state index contributed by atoms with van der Waals surface area (Å²) in [5, 5.41) is 8.00. The molecule has 1 aliphatic heterocycles. The number of nitrogens with zero attached hydrogens (tertiary/aromatic N) is 1. The van der Waals surface area contributed by atoms with Crippen molar-refractivity contribution >= 4 is 30.4 Å². The lowest BCUT2D eigenvalue weighted by atomic mass is 10.1. The van der Waals surface area contributed by atoms with E-state index in [-0.39, 0.29) is 11.8 Å². The minimum absolute atomic E-state index is 0.272. The maximum absolute atomic E-state index is 12.0. The molecule has 1 atom stereocenters. The quantitative estimate of drug-likeness (QED) is 0.477. The van der Waals surface area contributed by atoms with Gasteiger partial charge in [-0.3, -0.25) is 19.3 Å². The van der Waals surface area contributed by atoms with E-state index in [1.165, 1.54) is 4.90 Å². The number of imide groups is 1. The van der Waals surface area contributed by atoms with E-state index in [9.17, 15) is 14.4 Å². The molecule has 1 N–H and O–H groups in total. The smallest absolute Gasteiger partial charge is 0.316 e. The zero-order valence-electron chi connectivity index (χ0n) is 10.8. The van der Waals surface area contributed by atoms with Crippen LogP contribution in [0, 0.1) is 0 Å². The van der Waals surface area contributed by atoms with Crippen LogP contribution in [-0.4, -0.2) is 39.6 Å². The molecule has 2 rings (SSSR count). The van der Waals surface area contributed by atoms with Gasteiger partial charge in [0, 0.05) is 6.54 Å². The van der Waals surface area contributed by atoms with Crippen LogP contribution in [0.1, 0.15) is 40.0 Å². The molecule has 1 heterocycles. The minimum Gasteiger partial charge on any atom is -0.480 e. The van der Waals surface area contributed by atoms with Gasteiger partial charge in [-0.2, -0.15) is 12.6 Å². The van der Waals surface area contributed by atoms with Crippen molar-refractivity contribution in [3.63, 3.8) is 0 Å². The highest BCUT2D eigenvalue weighted by atomic mass is 32.1. The Hall–Kier alpha value is -1.82. The van der Waals surface area contributed by atoms with Crippen molar-refractivity contribution < 1.29 is 19.5 Å². The molecule has 1 aromatic carbocycles. The minimum atomic E-state index is -0.950. The molecule has 106 valence electrons. The summed E-state index contributed by atoms with van der Waals surface area (Å²) in [6.45, 7) is 0.312. The van der Waals surface area contributed by atoms with Gasteiger partial charge >= 0.3 is 5.97 Å². The molecule has 0 spiro atoms. The molecule has 0 bridgehead atoms. The molecule has 0 unspecified atom stereocenters. The van der Waals surface area contributed by atoms with E-state index in [0.717, 1.165) is 0 Å². The number of hydrogen-bond acceptors (Lipinski definition) is 4. The lowest BCUT2D eigenvalue weighted by Gasteiger charge is -2.13. The fraction of sp³-hybridized carbons (Fsp3) is 0.357. The average molecular weight is 293 g/mol. The molecule has 1 aromatic rings. The standard InChI is InChI=1S/C14H15NO4S/c16-12-9-5-1-2-6-10(9)13(17)15(12)8-4-3-7-11(20)14(18)19/h1-2,5-6,11,20H,3-4,7-8H2,(H,18,19)/t11-/m0/s1. The molecule has 6 heteroatoms. The van der Waals surface area contributed by atoms with Crippen LogP contribution in [0.5, 0.6) is 0 Å². The van der Waals surface area contributed by atoms with Gasteiger partial charge in [0.2, 0.25) is 0 Å². The predicted molar refractivity (Wildman–Crippen MR) is 76.1 cm³/mol. The monoisotopic (exact) mass is 293 g/mol. The van der Waals surface area contributed by atoms with Gasteiger partial charge < -0.3 is 5.11 Å². The number of carboxylic acids is 1. The number of carboxylic acid groups (broad SMARTS) is 1. The highest BCUT2D eigenvalue weighted by molar-refractivity contribution is 7.81. The summed E-state index contributed by atoms with van der Waals surface area (Å²) in [4.78, 5) is 35.9. The van der Waals surface area contributed by atoms with Crippen LogP contribution >= 0.6 is 12.6 Å². The largest absolute Gasteiger partial charge is 0.480 e. The molecule has 0 aromatic heterocycles. The number of thiol groups is 1. The third kappa shape index (κ3) is 2.85. The fourth-order valence-electron chi connectivity index (χ4n) is 2.17. The van der Waals surface area contributed by atoms with E-state index < -0.39 is 11.2 Å². The van der Waals surface area contributed by atoms with Crippen LogP contribution in [0.15, 0.2) is 24.3 Å². The van der Waals surface area contributed by atoms with Gasteiger partial charge in [0.05, 0.1) is 16.4 Å². The normalized spacial score (nSPS) is 15.3. The predicted octanol–water partition coefficient (Wildman–Crippen LogP) is 1.84. The number of unbranched alkanes of at least 4 members (excludes halogenated alkanes) is 1. The Morgan fingerprint density at radius 3 is 2.20 bits per heavy atom. The lowest BCUT2D eigenvalue weighted by Crippen LogP contribution is -2.30. The molecule has 2 amide bonds. The van der Waals surface area contributed by atoms with Crippen molar-refractivity contribution in [3.05, 3.63) is 35.4 Å². The van der Waals surface area contributed by atoms with Gasteiger partial charge in [-0.05, 0) is 31.4 Å². The van der Waals surface area contributed by atoms with E-state index >= 15 is 0 Å². The number of rotatable bonds is 6. The molecule has 5 nitrogen and oxygen atoms in total. The van der Waals surface area contributed by atoms with Crippen molar-refractivity contribution in [2.45, 2.75) is 24.5 Å². The van der Waals surface area contributed by atoms with Crippen molar-refractivity contribution in [2.24, 2.45) is 0 Å². The highest BCUT2D eigenvalue weighted by Crippen LogP contribution is 2.22. The van der Waals surface area contributed by atoms with Gasteiger partial charge in [0.15, 0.2) is 0 Å². The molecule has 0 saturated heterocycles. The summed E-state index contributed by atoms with van der Waals surface area (Å²) in [5.41, 5.74) is 0.880. The summed E-state index contributed by atoms with van der Waals surface area (Å²) in [5.74, 6) is -1.49. The molecular weight excluding hydrogens is 278 g/mol. The third-order valence-electron chi connectivity index (χ3n) is 3.27. The molecule has 0 fully saturated rings. The summed E-state index contributed by atoms with van der Waals surface area (Å²) in [6.07, 6.45) is 1.60. The molecule has 20 heavy (non-hydrogen) atoms. The average Bonchev–Trinajstić information content (AvgIpc) is 2.68. The van der Waals surface area contributed by atoms with Crippen LogP contribution in [0.3, 0.4) is 0 Å². The fourth-order valence-corrected chi connectivity index (χ4v) is 2.36. The number of carbonyl (C=O) groups excluding carboxylic acids is 2. The van der Waals surface area contributed by atoms with Crippen molar-refractivity contribution in [2.75, 3.05) is 6.54 Å². The first-order valence-corrected chi connectivity index (χ1v) is 6.90. The number of carbonyl (C=O) groups is 3. The molecule has 0 radical (unpaired) electrons. The SMILES string of the molecule is O=C(O)[C@@H](S)CCCCN1C(=O)c2ccccc2C1=O. The van der Waals surface area contributed by atoms with Crippen LogP contribution in [-0.2, 0) is 4.79 Å². The number of amides is 2. The maximum atomic E-state index is 12.0. The lowest BCUT2D eigenvalue weighted by molar-refractivity contribution is -0.136. The molecule has 0 aliphatic carbocycles. The Balaban J connectivity index is 1.88. The Bertz CT molecular complexity index is 523. The summed E-state index contributed by atoms with van der Waals surface area (Å²) in [6, 6.07) is 6.74.